The Morgan fingerprint density at radius 2 is 2.30 bits per heavy atom. The molecule has 8 heteroatoms. The molecule has 0 aliphatic carbocycles. The molecule has 114 valence electrons. The summed E-state index contributed by atoms with van der Waals surface area (Å²) in [6.45, 7) is 6.17. The Morgan fingerprint density at radius 1 is 1.65 bits per heavy atom. The second-order valence-corrected chi connectivity index (χ2v) is 7.55. The molecule has 1 rings (SSSR count). The first kappa shape index (κ1) is 19.6. The Morgan fingerprint density at radius 3 is 2.60 bits per heavy atom. The number of aryl methyl sites for hydroxylation is 1. The van der Waals surface area contributed by atoms with E-state index in [2.05, 4.69) is 21.2 Å². The number of amides is 1. The van der Waals surface area contributed by atoms with Crippen molar-refractivity contribution in [3.8, 4) is 0 Å². The van der Waals surface area contributed by atoms with Crippen molar-refractivity contribution in [3.63, 3.8) is 0 Å². The van der Waals surface area contributed by atoms with Crippen LogP contribution in [0.1, 0.15) is 12.6 Å². The molecule has 0 saturated carbocycles. The third-order valence-electron chi connectivity index (χ3n) is 2.28. The lowest BCUT2D eigenvalue weighted by Crippen LogP contribution is -2.34. The Bertz CT molecular complexity index is 409. The lowest BCUT2D eigenvalue weighted by molar-refractivity contribution is -0.113. The Labute approximate surface area is 133 Å². The lowest BCUT2D eigenvalue weighted by atomic mass is 10.4. The molecule has 0 saturated heterocycles. The number of halogens is 1. The molecule has 1 aromatic heterocycles. The molecule has 2 atom stereocenters. The van der Waals surface area contributed by atoms with E-state index in [1.807, 2.05) is 30.3 Å². The lowest BCUT2D eigenvalue weighted by Gasteiger charge is -2.17. The third kappa shape index (κ3) is 8.04. The quantitative estimate of drug-likeness (QED) is 0.466. The van der Waals surface area contributed by atoms with Gasteiger partial charge in [-0.2, -0.15) is 0 Å². The predicted molar refractivity (Wildman–Crippen MR) is 89.4 cm³/mol. The summed E-state index contributed by atoms with van der Waals surface area (Å²) in [4.78, 5) is 20.3. The van der Waals surface area contributed by atoms with Gasteiger partial charge >= 0.3 is 0 Å². The van der Waals surface area contributed by atoms with E-state index in [-0.39, 0.29) is 11.3 Å². The minimum absolute atomic E-state index is 0.218. The first-order chi connectivity index (χ1) is 9.46. The molecular formula is C12H20BrN2O3PS. The van der Waals surface area contributed by atoms with Crippen molar-refractivity contribution in [1.82, 2.24) is 9.88 Å². The number of hydrogen-bond donors (Lipinski definition) is 1. The summed E-state index contributed by atoms with van der Waals surface area (Å²) in [5.74, 6) is 0. The molecule has 0 spiro atoms. The minimum atomic E-state index is -0.296. The molecule has 1 N–H and O–H groups in total. The summed E-state index contributed by atoms with van der Waals surface area (Å²) >= 11 is 4.79. The van der Waals surface area contributed by atoms with Crippen LogP contribution in [0, 0.1) is 6.92 Å². The maximum atomic E-state index is 10.3. The van der Waals surface area contributed by atoms with Gasteiger partial charge in [0.15, 0.2) is 5.12 Å². The number of nitrogens with zero attached hydrogens (tertiary/aromatic N) is 1. The summed E-state index contributed by atoms with van der Waals surface area (Å²) in [6, 6.07) is 3.96. The van der Waals surface area contributed by atoms with Gasteiger partial charge in [0.2, 0.25) is 6.41 Å². The van der Waals surface area contributed by atoms with E-state index in [4.69, 9.17) is 4.74 Å². The average Bonchev–Trinajstić information content (AvgIpc) is 2.70. The third-order valence-corrected chi connectivity index (χ3v) is 4.94. The summed E-state index contributed by atoms with van der Waals surface area (Å²) in [6.07, 6.45) is 0.343. The molecule has 5 nitrogen and oxygen atoms in total. The normalized spacial score (nSPS) is 11.8. The van der Waals surface area contributed by atoms with Gasteiger partial charge in [-0.3, -0.25) is 9.59 Å². The van der Waals surface area contributed by atoms with Gasteiger partial charge in [0.25, 0.3) is 0 Å². The maximum Gasteiger partial charge on any atom is 0.209 e. The highest BCUT2D eigenvalue weighted by Crippen LogP contribution is 2.24. The smallest absolute Gasteiger partial charge is 0.209 e. The molecule has 1 heterocycles. The van der Waals surface area contributed by atoms with Crippen LogP contribution < -0.4 is 5.32 Å². The highest BCUT2D eigenvalue weighted by molar-refractivity contribution is 9.10. The summed E-state index contributed by atoms with van der Waals surface area (Å²) in [7, 11) is 2.27. The fourth-order valence-electron chi connectivity index (χ4n) is 1.35. The van der Waals surface area contributed by atoms with Crippen LogP contribution in [0.3, 0.4) is 0 Å². The van der Waals surface area contributed by atoms with E-state index in [1.54, 1.807) is 14.0 Å². The number of rotatable bonds is 6. The maximum absolute atomic E-state index is 10.3. The van der Waals surface area contributed by atoms with Crippen molar-refractivity contribution in [2.45, 2.75) is 26.6 Å². The second-order valence-electron chi connectivity index (χ2n) is 3.71. The molecule has 20 heavy (non-hydrogen) atoms. The average molecular weight is 383 g/mol. The van der Waals surface area contributed by atoms with Crippen molar-refractivity contribution in [3.05, 3.63) is 22.4 Å². The number of carbonyl (C=O) groups is 2. The first-order valence-electron chi connectivity index (χ1n) is 5.84. The van der Waals surface area contributed by atoms with Crippen LogP contribution in [-0.2, 0) is 20.9 Å². The Balaban J connectivity index is 0.000000511. The fraction of sp³-hybridized carbons (Fsp3) is 0.500. The van der Waals surface area contributed by atoms with Crippen LogP contribution in [0.25, 0.3) is 0 Å². The van der Waals surface area contributed by atoms with Crippen molar-refractivity contribution in [1.29, 1.82) is 0 Å². The monoisotopic (exact) mass is 382 g/mol. The Hall–Kier alpha value is -0.360. The zero-order chi connectivity index (χ0) is 15.5. The SMILES string of the molecule is COC(Cn1c(C)ccc1Br)NC=O.CPSC(C)=O. The molecule has 0 aliphatic rings. The van der Waals surface area contributed by atoms with Crippen LogP contribution in [-0.4, -0.2) is 36.1 Å². The van der Waals surface area contributed by atoms with Gasteiger partial charge in [0, 0.05) is 19.7 Å². The van der Waals surface area contributed by atoms with Crippen LogP contribution in [0.15, 0.2) is 16.7 Å². The van der Waals surface area contributed by atoms with Crippen LogP contribution >= 0.6 is 35.1 Å². The van der Waals surface area contributed by atoms with Crippen molar-refractivity contribution in [2.75, 3.05) is 13.8 Å². The Kier molecular flexibility index (Phi) is 11.1. The largest absolute Gasteiger partial charge is 0.360 e. The number of nitrogens with one attached hydrogen (secondary N) is 1. The topological polar surface area (TPSA) is 60.3 Å². The van der Waals surface area contributed by atoms with E-state index in [9.17, 15) is 9.59 Å². The molecule has 1 aromatic rings. The molecule has 2 unspecified atom stereocenters. The minimum Gasteiger partial charge on any atom is -0.360 e. The summed E-state index contributed by atoms with van der Waals surface area (Å²) < 4.78 is 8.09. The van der Waals surface area contributed by atoms with Gasteiger partial charge in [-0.1, -0.05) is 19.2 Å². The molecule has 0 fully saturated rings. The standard InChI is InChI=1S/C9H13BrN2O2.C3H7OPS/c1-7-3-4-8(10)12(7)5-9(14-2)11-6-13;1-3(4)6-5-2/h3-4,6,9H,5H2,1-2H3,(H,11,13);5H,1-2H3. The summed E-state index contributed by atoms with van der Waals surface area (Å²) in [5.41, 5.74) is 1.12. The van der Waals surface area contributed by atoms with Crippen molar-refractivity contribution in [2.24, 2.45) is 0 Å². The number of hydrogen-bond acceptors (Lipinski definition) is 4. The van der Waals surface area contributed by atoms with E-state index in [1.165, 1.54) is 11.4 Å². The predicted octanol–water partition coefficient (Wildman–Crippen LogP) is 2.77. The van der Waals surface area contributed by atoms with Crippen molar-refractivity contribution >= 4 is 46.6 Å². The van der Waals surface area contributed by atoms with Gasteiger partial charge < -0.3 is 14.6 Å². The van der Waals surface area contributed by atoms with Crippen LogP contribution in [0.5, 0.6) is 0 Å². The molecular weight excluding hydrogens is 363 g/mol. The highest BCUT2D eigenvalue weighted by Gasteiger charge is 2.09. The van der Waals surface area contributed by atoms with Gasteiger partial charge in [-0.25, -0.2) is 0 Å². The first-order valence-corrected chi connectivity index (χ1v) is 9.67. The van der Waals surface area contributed by atoms with Gasteiger partial charge in [-0.15, -0.1) is 0 Å². The number of ether oxygens (including phenoxy) is 1. The van der Waals surface area contributed by atoms with E-state index in [0.717, 1.165) is 10.3 Å². The molecule has 0 bridgehead atoms. The van der Waals surface area contributed by atoms with Gasteiger partial charge in [-0.05, 0) is 41.7 Å². The number of carbonyl (C=O) groups excluding carboxylic acids is 2. The molecule has 0 aliphatic heterocycles. The molecule has 0 aromatic carbocycles. The number of aromatic nitrogens is 1. The van der Waals surface area contributed by atoms with E-state index in [0.29, 0.717) is 20.7 Å². The molecule has 1 amide bonds. The van der Waals surface area contributed by atoms with Crippen LogP contribution in [0.2, 0.25) is 0 Å². The van der Waals surface area contributed by atoms with Gasteiger partial charge in [0.05, 0.1) is 11.1 Å². The van der Waals surface area contributed by atoms with E-state index >= 15 is 0 Å². The fourth-order valence-corrected chi connectivity index (χ4v) is 3.06. The number of methoxy groups -OCH3 is 1. The highest BCUT2D eigenvalue weighted by atomic mass is 79.9. The zero-order valence-electron chi connectivity index (χ0n) is 12.0. The van der Waals surface area contributed by atoms with E-state index < -0.39 is 0 Å². The zero-order valence-corrected chi connectivity index (χ0v) is 15.4. The van der Waals surface area contributed by atoms with Crippen molar-refractivity contribution < 1.29 is 14.3 Å². The molecule has 0 radical (unpaired) electrons. The van der Waals surface area contributed by atoms with Gasteiger partial charge in [0.1, 0.15) is 6.23 Å². The second kappa shape index (κ2) is 11.3. The summed E-state index contributed by atoms with van der Waals surface area (Å²) in [5, 5.41) is 2.80. The van der Waals surface area contributed by atoms with Crippen LogP contribution in [0.4, 0.5) is 0 Å².